The molecule has 0 aliphatic heterocycles. The molecule has 0 aliphatic carbocycles. The van der Waals surface area contributed by atoms with Crippen LogP contribution in [0.4, 0.5) is 4.79 Å². The van der Waals surface area contributed by atoms with Crippen molar-refractivity contribution in [2.45, 2.75) is 0 Å². The van der Waals surface area contributed by atoms with Gasteiger partial charge in [0.1, 0.15) is 0 Å². The number of carbonyl (C=O) groups excluding carboxylic acids is 1. The summed E-state index contributed by atoms with van der Waals surface area (Å²) in [6.07, 6.45) is 6.56. The van der Waals surface area contributed by atoms with Crippen LogP contribution in [0.3, 0.4) is 0 Å². The average molecular weight is 140 g/mol. The van der Waals surface area contributed by atoms with E-state index in [1.807, 2.05) is 0 Å². The van der Waals surface area contributed by atoms with Crippen LogP contribution < -0.4 is 11.5 Å². The molecule has 0 unspecified atom stereocenters. The van der Waals surface area contributed by atoms with E-state index in [-0.39, 0.29) is 0 Å². The fourth-order valence-electron chi connectivity index (χ4n) is 0.253. The summed E-state index contributed by atoms with van der Waals surface area (Å²) in [5, 5.41) is 0. The smallest absolute Gasteiger partial charge is 0.309 e. The number of urea groups is 1. The Hall–Kier alpha value is -1.65. The summed E-state index contributed by atoms with van der Waals surface area (Å²) >= 11 is 0. The second-order valence-electron chi connectivity index (χ2n) is 1.30. The monoisotopic (exact) mass is 140 g/mol. The average Bonchev–Trinajstić information content (AvgIpc) is 1.90. The van der Waals surface area contributed by atoms with E-state index in [1.54, 1.807) is 24.8 Å². The van der Waals surface area contributed by atoms with Crippen molar-refractivity contribution in [2.75, 3.05) is 0 Å². The van der Waals surface area contributed by atoms with Crippen LogP contribution in [-0.2, 0) is 0 Å². The lowest BCUT2D eigenvalue weighted by atomic mass is 10.8. The minimum atomic E-state index is -0.833. The van der Waals surface area contributed by atoms with Crippen molar-refractivity contribution in [1.82, 2.24) is 9.97 Å². The van der Waals surface area contributed by atoms with Crippen molar-refractivity contribution in [3.05, 3.63) is 24.8 Å². The zero-order chi connectivity index (χ0) is 7.82. The fraction of sp³-hybridized carbons (Fsp3) is 0. The predicted molar refractivity (Wildman–Crippen MR) is 35.8 cm³/mol. The van der Waals surface area contributed by atoms with Gasteiger partial charge < -0.3 is 11.5 Å². The molecule has 0 spiro atoms. The third kappa shape index (κ3) is 9.61. The van der Waals surface area contributed by atoms with Crippen LogP contribution in [0.15, 0.2) is 24.8 Å². The van der Waals surface area contributed by atoms with Gasteiger partial charge in [-0.25, -0.2) is 4.79 Å². The number of nitrogens with zero attached hydrogens (tertiary/aromatic N) is 2. The van der Waals surface area contributed by atoms with Crippen molar-refractivity contribution in [3.63, 3.8) is 0 Å². The zero-order valence-corrected chi connectivity index (χ0v) is 5.27. The first-order valence-electron chi connectivity index (χ1n) is 2.48. The molecule has 1 rings (SSSR count). The Morgan fingerprint density at radius 1 is 1.00 bits per heavy atom. The molecular formula is C5H8N4O. The molecule has 0 radical (unpaired) electrons. The van der Waals surface area contributed by atoms with Crippen molar-refractivity contribution in [2.24, 2.45) is 11.5 Å². The Balaban J connectivity index is 0.000000180. The Morgan fingerprint density at radius 2 is 1.20 bits per heavy atom. The van der Waals surface area contributed by atoms with Gasteiger partial charge in [-0.2, -0.15) is 0 Å². The predicted octanol–water partition coefficient (Wildman–Crippen LogP) is -0.500. The van der Waals surface area contributed by atoms with Crippen LogP contribution in [0.1, 0.15) is 0 Å². The third-order valence-corrected chi connectivity index (χ3v) is 0.478. The van der Waals surface area contributed by atoms with E-state index < -0.39 is 6.03 Å². The van der Waals surface area contributed by atoms with E-state index in [1.165, 1.54) is 0 Å². The van der Waals surface area contributed by atoms with Crippen LogP contribution in [0.25, 0.3) is 0 Å². The van der Waals surface area contributed by atoms with Gasteiger partial charge in [-0.3, -0.25) is 9.97 Å². The van der Waals surface area contributed by atoms with Crippen molar-refractivity contribution in [3.8, 4) is 0 Å². The Morgan fingerprint density at radius 3 is 1.30 bits per heavy atom. The fourth-order valence-corrected chi connectivity index (χ4v) is 0.253. The number of hydrogen-bond acceptors (Lipinski definition) is 3. The minimum absolute atomic E-state index is 0.833. The maximum atomic E-state index is 9.00. The summed E-state index contributed by atoms with van der Waals surface area (Å²) in [5.74, 6) is 0. The topological polar surface area (TPSA) is 94.9 Å². The van der Waals surface area contributed by atoms with E-state index in [0.717, 1.165) is 0 Å². The molecule has 0 aliphatic rings. The zero-order valence-electron chi connectivity index (χ0n) is 5.27. The quantitative estimate of drug-likeness (QED) is 0.508. The van der Waals surface area contributed by atoms with Crippen LogP contribution in [0, 0.1) is 0 Å². The van der Waals surface area contributed by atoms with Crippen LogP contribution >= 0.6 is 0 Å². The first kappa shape index (κ1) is 8.35. The van der Waals surface area contributed by atoms with Crippen LogP contribution in [-0.4, -0.2) is 16.0 Å². The van der Waals surface area contributed by atoms with Crippen molar-refractivity contribution in [1.29, 1.82) is 0 Å². The third-order valence-electron chi connectivity index (χ3n) is 0.478. The molecule has 0 atom stereocenters. The van der Waals surface area contributed by atoms with Gasteiger partial charge in [0.05, 0.1) is 0 Å². The molecule has 0 fully saturated rings. The second-order valence-corrected chi connectivity index (χ2v) is 1.30. The number of nitrogens with two attached hydrogens (primary N) is 2. The van der Waals surface area contributed by atoms with Gasteiger partial charge in [0.2, 0.25) is 0 Å². The molecular weight excluding hydrogens is 132 g/mol. The van der Waals surface area contributed by atoms with Crippen molar-refractivity contribution < 1.29 is 4.79 Å². The van der Waals surface area contributed by atoms with Gasteiger partial charge in [-0.05, 0) is 0 Å². The molecule has 0 saturated heterocycles. The molecule has 5 heteroatoms. The Bertz CT molecular complexity index is 146. The number of carbonyl (C=O) groups is 1. The van der Waals surface area contributed by atoms with Crippen molar-refractivity contribution >= 4 is 6.03 Å². The van der Waals surface area contributed by atoms with Gasteiger partial charge in [0.15, 0.2) is 0 Å². The summed E-state index contributed by atoms with van der Waals surface area (Å²) in [5.41, 5.74) is 8.50. The number of hydrogen-bond donors (Lipinski definition) is 2. The molecule has 0 bridgehead atoms. The standard InChI is InChI=1S/C4H4N2.CH4N2O/c1-2-6-4-3-5-1;2-1(3)4/h1-4H;(H4,2,3,4). The van der Waals surface area contributed by atoms with E-state index in [2.05, 4.69) is 21.4 Å². The molecule has 2 amide bonds. The Kier molecular flexibility index (Phi) is 4.58. The van der Waals surface area contributed by atoms with Gasteiger partial charge in [0, 0.05) is 24.8 Å². The van der Waals surface area contributed by atoms with Gasteiger partial charge >= 0.3 is 6.03 Å². The highest BCUT2D eigenvalue weighted by Gasteiger charge is 1.60. The van der Waals surface area contributed by atoms with E-state index >= 15 is 0 Å². The summed E-state index contributed by atoms with van der Waals surface area (Å²) in [6.45, 7) is 0. The molecule has 0 aromatic carbocycles. The normalized spacial score (nSPS) is 7.20. The summed E-state index contributed by atoms with van der Waals surface area (Å²) in [7, 11) is 0. The SMILES string of the molecule is NC(N)=O.c1cnccn1. The van der Waals surface area contributed by atoms with Gasteiger partial charge in [-0.1, -0.05) is 0 Å². The second kappa shape index (κ2) is 5.49. The minimum Gasteiger partial charge on any atom is -0.352 e. The lowest BCUT2D eigenvalue weighted by molar-refractivity contribution is 0.256. The van der Waals surface area contributed by atoms with E-state index in [4.69, 9.17) is 4.79 Å². The largest absolute Gasteiger partial charge is 0.352 e. The van der Waals surface area contributed by atoms with E-state index in [9.17, 15) is 0 Å². The van der Waals surface area contributed by atoms with Crippen LogP contribution in [0.2, 0.25) is 0 Å². The molecule has 5 nitrogen and oxygen atoms in total. The first-order chi connectivity index (χ1) is 4.73. The lowest BCUT2D eigenvalue weighted by Gasteiger charge is -1.70. The van der Waals surface area contributed by atoms with Gasteiger partial charge in [0.25, 0.3) is 0 Å². The number of amides is 2. The number of aromatic nitrogens is 2. The molecule has 1 aromatic rings. The number of rotatable bonds is 0. The molecule has 54 valence electrons. The van der Waals surface area contributed by atoms with Crippen LogP contribution in [0.5, 0.6) is 0 Å². The first-order valence-corrected chi connectivity index (χ1v) is 2.48. The maximum Gasteiger partial charge on any atom is 0.309 e. The lowest BCUT2D eigenvalue weighted by Crippen LogP contribution is -2.18. The molecule has 1 aromatic heterocycles. The number of primary amides is 2. The highest BCUT2D eigenvalue weighted by atomic mass is 16.2. The molecule has 10 heavy (non-hydrogen) atoms. The highest BCUT2D eigenvalue weighted by molar-refractivity contribution is 5.69. The Labute approximate surface area is 58.1 Å². The molecule has 1 heterocycles. The summed E-state index contributed by atoms with van der Waals surface area (Å²) < 4.78 is 0. The maximum absolute atomic E-state index is 9.00. The summed E-state index contributed by atoms with van der Waals surface area (Å²) in [4.78, 5) is 16.4. The molecule has 0 saturated carbocycles. The van der Waals surface area contributed by atoms with E-state index in [0.29, 0.717) is 0 Å². The summed E-state index contributed by atoms with van der Waals surface area (Å²) in [6, 6.07) is -0.833. The molecule has 4 N–H and O–H groups in total. The van der Waals surface area contributed by atoms with Gasteiger partial charge in [-0.15, -0.1) is 0 Å². The highest BCUT2D eigenvalue weighted by Crippen LogP contribution is 1.65.